The second-order valence-electron chi connectivity index (χ2n) is 5.29. The molecule has 0 bridgehead atoms. The second kappa shape index (κ2) is 3.84. The molecule has 3 N–H and O–H groups in total. The fourth-order valence-corrected chi connectivity index (χ4v) is 2.91. The number of aromatic hydroxyl groups is 2. The van der Waals surface area contributed by atoms with Crippen molar-refractivity contribution in [1.82, 2.24) is 0 Å². The molecule has 1 aliphatic rings. The molecular formula is C16H14O4. The van der Waals surface area contributed by atoms with E-state index in [0.717, 1.165) is 0 Å². The molecule has 4 nitrogen and oxygen atoms in total. The number of rotatable bonds is 0. The van der Waals surface area contributed by atoms with Gasteiger partial charge in [-0.1, -0.05) is 12.1 Å². The molecule has 0 spiro atoms. The van der Waals surface area contributed by atoms with Crippen molar-refractivity contribution in [1.29, 1.82) is 0 Å². The number of phenolic OH excluding ortho intramolecular Hbond substituents is 2. The minimum absolute atomic E-state index is 0.00192. The van der Waals surface area contributed by atoms with Crippen LogP contribution in [0, 0.1) is 6.92 Å². The first kappa shape index (κ1) is 12.7. The van der Waals surface area contributed by atoms with Gasteiger partial charge in [0, 0.05) is 16.7 Å². The van der Waals surface area contributed by atoms with Crippen LogP contribution in [-0.2, 0) is 5.60 Å². The van der Waals surface area contributed by atoms with Crippen LogP contribution in [-0.4, -0.2) is 21.1 Å². The number of phenols is 2. The monoisotopic (exact) mass is 270 g/mol. The molecule has 2 aromatic rings. The number of aliphatic hydroxyl groups is 1. The van der Waals surface area contributed by atoms with Gasteiger partial charge in [0.2, 0.25) is 0 Å². The molecule has 0 aliphatic heterocycles. The van der Waals surface area contributed by atoms with Crippen LogP contribution in [0.4, 0.5) is 0 Å². The zero-order chi connectivity index (χ0) is 14.7. The Hall–Kier alpha value is -2.33. The Morgan fingerprint density at radius 1 is 1.05 bits per heavy atom. The Morgan fingerprint density at radius 3 is 2.45 bits per heavy atom. The molecule has 102 valence electrons. The maximum Gasteiger partial charge on any atom is 0.197 e. The van der Waals surface area contributed by atoms with E-state index in [1.165, 1.54) is 18.2 Å². The van der Waals surface area contributed by atoms with Crippen molar-refractivity contribution < 1.29 is 20.1 Å². The summed E-state index contributed by atoms with van der Waals surface area (Å²) in [4.78, 5) is 12.6. The van der Waals surface area contributed by atoms with Gasteiger partial charge >= 0.3 is 0 Å². The first-order valence-electron chi connectivity index (χ1n) is 6.27. The maximum atomic E-state index is 12.6. The molecule has 4 heteroatoms. The van der Waals surface area contributed by atoms with Crippen LogP contribution < -0.4 is 0 Å². The average Bonchev–Trinajstić information content (AvgIpc) is 2.35. The number of hydrogen-bond acceptors (Lipinski definition) is 4. The number of benzene rings is 2. The van der Waals surface area contributed by atoms with E-state index in [4.69, 9.17) is 0 Å². The van der Waals surface area contributed by atoms with E-state index < -0.39 is 5.60 Å². The van der Waals surface area contributed by atoms with E-state index in [-0.39, 0.29) is 22.8 Å². The van der Waals surface area contributed by atoms with Crippen molar-refractivity contribution >= 4 is 5.78 Å². The van der Waals surface area contributed by atoms with E-state index in [1.54, 1.807) is 26.0 Å². The predicted octanol–water partition coefficient (Wildman–Crippen LogP) is 2.21. The average molecular weight is 270 g/mol. The lowest BCUT2D eigenvalue weighted by atomic mass is 9.73. The lowest BCUT2D eigenvalue weighted by Gasteiger charge is -2.33. The van der Waals surface area contributed by atoms with Gasteiger partial charge in [0.25, 0.3) is 0 Å². The van der Waals surface area contributed by atoms with Crippen molar-refractivity contribution in [2.75, 3.05) is 0 Å². The fraction of sp³-hybridized carbons (Fsp3) is 0.188. The van der Waals surface area contributed by atoms with Gasteiger partial charge in [0.15, 0.2) is 5.78 Å². The van der Waals surface area contributed by atoms with Crippen molar-refractivity contribution in [3.63, 3.8) is 0 Å². The number of carbonyl (C=O) groups excluding carboxylic acids is 1. The Kier molecular flexibility index (Phi) is 2.43. The fourth-order valence-electron chi connectivity index (χ4n) is 2.91. The molecule has 0 fully saturated rings. The molecule has 1 atom stereocenters. The highest BCUT2D eigenvalue weighted by Gasteiger charge is 2.41. The Bertz CT molecular complexity index is 744. The zero-order valence-electron chi connectivity index (χ0n) is 11.1. The second-order valence-corrected chi connectivity index (χ2v) is 5.29. The van der Waals surface area contributed by atoms with Gasteiger partial charge in [-0.25, -0.2) is 0 Å². The number of carbonyl (C=O) groups is 1. The molecule has 0 aromatic heterocycles. The Morgan fingerprint density at radius 2 is 1.75 bits per heavy atom. The van der Waals surface area contributed by atoms with Crippen LogP contribution in [0.5, 0.6) is 11.5 Å². The highest BCUT2D eigenvalue weighted by Crippen LogP contribution is 2.44. The van der Waals surface area contributed by atoms with E-state index in [9.17, 15) is 20.1 Å². The first-order chi connectivity index (χ1) is 9.34. The molecular weight excluding hydrogens is 256 g/mol. The van der Waals surface area contributed by atoms with Gasteiger partial charge in [0.1, 0.15) is 17.1 Å². The van der Waals surface area contributed by atoms with E-state index in [2.05, 4.69) is 0 Å². The minimum Gasteiger partial charge on any atom is -0.508 e. The molecule has 20 heavy (non-hydrogen) atoms. The Labute approximate surface area is 115 Å². The van der Waals surface area contributed by atoms with E-state index in [1.807, 2.05) is 0 Å². The normalized spacial score (nSPS) is 20.4. The van der Waals surface area contributed by atoms with Crippen LogP contribution in [0.1, 0.15) is 39.5 Å². The van der Waals surface area contributed by atoms with Gasteiger partial charge < -0.3 is 15.3 Å². The summed E-state index contributed by atoms with van der Waals surface area (Å²) in [5.41, 5.74) is 0.291. The summed E-state index contributed by atoms with van der Waals surface area (Å²) in [5.74, 6) is -0.485. The van der Waals surface area contributed by atoms with Crippen LogP contribution in [0.2, 0.25) is 0 Å². The largest absolute Gasteiger partial charge is 0.508 e. The number of hydrogen-bond donors (Lipinski definition) is 3. The van der Waals surface area contributed by atoms with Gasteiger partial charge in [-0.2, -0.15) is 0 Å². The molecule has 0 heterocycles. The van der Waals surface area contributed by atoms with Crippen LogP contribution in [0.15, 0.2) is 30.3 Å². The van der Waals surface area contributed by atoms with Crippen molar-refractivity contribution in [2.24, 2.45) is 0 Å². The lowest BCUT2D eigenvalue weighted by Crippen LogP contribution is -2.33. The summed E-state index contributed by atoms with van der Waals surface area (Å²) in [5, 5.41) is 30.5. The van der Waals surface area contributed by atoms with Crippen molar-refractivity contribution in [2.45, 2.75) is 19.4 Å². The molecule has 0 saturated carbocycles. The highest BCUT2D eigenvalue weighted by atomic mass is 16.3. The Balaban J connectivity index is 2.44. The molecule has 0 saturated heterocycles. The molecule has 0 amide bonds. The molecule has 3 rings (SSSR count). The lowest BCUT2D eigenvalue weighted by molar-refractivity contribution is 0.0854. The zero-order valence-corrected chi connectivity index (χ0v) is 11.1. The highest BCUT2D eigenvalue weighted by molar-refractivity contribution is 6.15. The maximum absolute atomic E-state index is 12.6. The standard InChI is InChI=1S/C16H14O4/c1-8-6-9(17)7-11-13(8)15(19)14-10(16(11,2)20)4-3-5-12(14)18/h3-7,17-18,20H,1-2H3/t16-/m1/s1. The first-order valence-corrected chi connectivity index (χ1v) is 6.27. The van der Waals surface area contributed by atoms with E-state index >= 15 is 0 Å². The molecule has 1 aliphatic carbocycles. The summed E-state index contributed by atoms with van der Waals surface area (Å²) in [7, 11) is 0. The van der Waals surface area contributed by atoms with Gasteiger partial charge in [-0.3, -0.25) is 4.79 Å². The van der Waals surface area contributed by atoms with Gasteiger partial charge in [-0.15, -0.1) is 0 Å². The third kappa shape index (κ3) is 1.48. The molecule has 0 unspecified atom stereocenters. The van der Waals surface area contributed by atoms with Crippen LogP contribution >= 0.6 is 0 Å². The molecule has 2 aromatic carbocycles. The number of ketones is 1. The van der Waals surface area contributed by atoms with Crippen LogP contribution in [0.25, 0.3) is 0 Å². The summed E-state index contributed by atoms with van der Waals surface area (Å²) in [6.45, 7) is 3.24. The SMILES string of the molecule is Cc1cc(O)cc2c1C(=O)c1c(O)cccc1[C@@]2(C)O. The predicted molar refractivity (Wildman–Crippen MR) is 73.1 cm³/mol. The van der Waals surface area contributed by atoms with Crippen molar-refractivity contribution in [3.8, 4) is 11.5 Å². The number of aryl methyl sites for hydroxylation is 1. The van der Waals surface area contributed by atoms with Gasteiger partial charge in [-0.05, 0) is 37.6 Å². The van der Waals surface area contributed by atoms with Gasteiger partial charge in [0.05, 0.1) is 5.56 Å². The summed E-state index contributed by atoms with van der Waals surface area (Å²) in [6, 6.07) is 7.48. The molecule has 0 radical (unpaired) electrons. The minimum atomic E-state index is -1.44. The van der Waals surface area contributed by atoms with Crippen molar-refractivity contribution in [3.05, 3.63) is 58.1 Å². The van der Waals surface area contributed by atoms with E-state index in [0.29, 0.717) is 22.3 Å². The third-order valence-electron chi connectivity index (χ3n) is 3.87. The topological polar surface area (TPSA) is 77.8 Å². The summed E-state index contributed by atoms with van der Waals surface area (Å²) in [6.07, 6.45) is 0. The quantitative estimate of drug-likeness (QED) is 0.686. The third-order valence-corrected chi connectivity index (χ3v) is 3.87. The summed E-state index contributed by atoms with van der Waals surface area (Å²) < 4.78 is 0. The number of fused-ring (bicyclic) bond motifs is 2. The summed E-state index contributed by atoms with van der Waals surface area (Å²) >= 11 is 0. The smallest absolute Gasteiger partial charge is 0.197 e. The van der Waals surface area contributed by atoms with Crippen LogP contribution in [0.3, 0.4) is 0 Å².